The average molecular weight is 405 g/mol. The second kappa shape index (κ2) is 8.17. The minimum absolute atomic E-state index is 0.339. The number of carboxylic acid groups (broad SMARTS) is 1. The Morgan fingerprint density at radius 3 is 2.48 bits per heavy atom. The molecule has 0 bridgehead atoms. The number of rotatable bonds is 6. The molecule has 3 heteroatoms. The summed E-state index contributed by atoms with van der Waals surface area (Å²) in [6, 6.07) is 0. The Bertz CT molecular complexity index is 603. The molecule has 29 heavy (non-hydrogen) atoms. The van der Waals surface area contributed by atoms with Crippen LogP contribution in [0.3, 0.4) is 0 Å². The van der Waals surface area contributed by atoms with Gasteiger partial charge in [0.05, 0.1) is 6.10 Å². The molecule has 0 heterocycles. The maximum Gasteiger partial charge on any atom is 0.303 e. The van der Waals surface area contributed by atoms with E-state index in [0.29, 0.717) is 29.3 Å². The number of hydrogen-bond donors (Lipinski definition) is 1. The standard InChI is InChI=1S/C26H44O3/c1-5-29-19-12-14-25(3)18(16-19)7-8-20-22-10-9-21(17(2)6-11-24(27)28)26(22,4)15-13-23(20)25/h17-23H,5-16H2,1-4H3,(H,27,28)/t17-,18-,19-,20?,21-,22?,23?,25+,26-/m1/s1. The van der Waals surface area contributed by atoms with E-state index in [0.717, 1.165) is 42.6 Å². The second-order valence-electron chi connectivity index (χ2n) is 11.6. The number of carboxylic acids is 1. The van der Waals surface area contributed by atoms with E-state index in [4.69, 9.17) is 9.84 Å². The van der Waals surface area contributed by atoms with Gasteiger partial charge in [-0.05, 0) is 117 Å². The summed E-state index contributed by atoms with van der Waals surface area (Å²) in [6.45, 7) is 10.6. The van der Waals surface area contributed by atoms with Gasteiger partial charge in [-0.1, -0.05) is 20.8 Å². The Balaban J connectivity index is 1.47. The molecule has 0 aromatic heterocycles. The predicted molar refractivity (Wildman–Crippen MR) is 117 cm³/mol. The van der Waals surface area contributed by atoms with Crippen molar-refractivity contribution in [2.24, 2.45) is 46.3 Å². The van der Waals surface area contributed by atoms with Gasteiger partial charge in [-0.2, -0.15) is 0 Å². The Morgan fingerprint density at radius 1 is 1.03 bits per heavy atom. The fourth-order valence-corrected chi connectivity index (χ4v) is 9.13. The topological polar surface area (TPSA) is 46.5 Å². The minimum Gasteiger partial charge on any atom is -0.481 e. The van der Waals surface area contributed by atoms with Crippen LogP contribution in [0.15, 0.2) is 0 Å². The molecular formula is C26H44O3. The SMILES string of the molecule is CCO[C@@H]1CC[C@]2(C)C3CC[C@@]4(C)C(CC[C@@H]4[C@H](C)CCC(=O)O)C3CC[C@@H]2C1. The van der Waals surface area contributed by atoms with Gasteiger partial charge in [0, 0.05) is 13.0 Å². The fourth-order valence-electron chi connectivity index (χ4n) is 9.13. The number of ether oxygens (including phenoxy) is 1. The first-order valence-corrected chi connectivity index (χ1v) is 12.6. The fraction of sp³-hybridized carbons (Fsp3) is 0.962. The highest BCUT2D eigenvalue weighted by Gasteiger charge is 2.60. The van der Waals surface area contributed by atoms with Crippen LogP contribution in [-0.4, -0.2) is 23.8 Å². The van der Waals surface area contributed by atoms with E-state index in [9.17, 15) is 4.79 Å². The highest BCUT2D eigenvalue weighted by molar-refractivity contribution is 5.66. The highest BCUT2D eigenvalue weighted by Crippen LogP contribution is 2.68. The van der Waals surface area contributed by atoms with E-state index >= 15 is 0 Å². The molecule has 3 unspecified atom stereocenters. The third-order valence-electron chi connectivity index (χ3n) is 10.6. The van der Waals surface area contributed by atoms with Crippen molar-refractivity contribution >= 4 is 5.97 Å². The van der Waals surface area contributed by atoms with Crippen LogP contribution in [-0.2, 0) is 9.53 Å². The molecule has 0 radical (unpaired) electrons. The first-order valence-electron chi connectivity index (χ1n) is 12.6. The van der Waals surface area contributed by atoms with Gasteiger partial charge in [0.25, 0.3) is 0 Å². The zero-order valence-corrected chi connectivity index (χ0v) is 19.3. The van der Waals surface area contributed by atoms with Crippen LogP contribution in [0.1, 0.15) is 98.3 Å². The zero-order chi connectivity index (χ0) is 20.8. The zero-order valence-electron chi connectivity index (χ0n) is 19.3. The first-order chi connectivity index (χ1) is 13.8. The molecule has 166 valence electrons. The van der Waals surface area contributed by atoms with Crippen LogP contribution in [0.4, 0.5) is 0 Å². The molecule has 4 saturated carbocycles. The van der Waals surface area contributed by atoms with E-state index < -0.39 is 5.97 Å². The lowest BCUT2D eigenvalue weighted by molar-refractivity contribution is -0.139. The van der Waals surface area contributed by atoms with Gasteiger partial charge in [-0.25, -0.2) is 0 Å². The minimum atomic E-state index is -0.630. The van der Waals surface area contributed by atoms with Crippen molar-refractivity contribution in [2.75, 3.05) is 6.61 Å². The maximum absolute atomic E-state index is 11.1. The molecule has 0 aromatic carbocycles. The molecule has 1 N–H and O–H groups in total. The highest BCUT2D eigenvalue weighted by atomic mass is 16.5. The number of aliphatic carboxylic acids is 1. The Morgan fingerprint density at radius 2 is 1.76 bits per heavy atom. The number of fused-ring (bicyclic) bond motifs is 5. The third-order valence-corrected chi connectivity index (χ3v) is 10.6. The Labute approximate surface area is 178 Å². The van der Waals surface area contributed by atoms with Gasteiger partial charge < -0.3 is 9.84 Å². The third kappa shape index (κ3) is 3.68. The van der Waals surface area contributed by atoms with Crippen molar-refractivity contribution in [1.29, 1.82) is 0 Å². The molecule has 4 rings (SSSR count). The van der Waals surface area contributed by atoms with E-state index in [-0.39, 0.29) is 0 Å². The lowest BCUT2D eigenvalue weighted by atomic mass is 9.44. The second-order valence-corrected chi connectivity index (χ2v) is 11.6. The average Bonchev–Trinajstić information content (AvgIpc) is 3.04. The van der Waals surface area contributed by atoms with Crippen molar-refractivity contribution in [3.05, 3.63) is 0 Å². The van der Waals surface area contributed by atoms with Gasteiger partial charge in [0.2, 0.25) is 0 Å². The summed E-state index contributed by atoms with van der Waals surface area (Å²) in [4.78, 5) is 11.1. The molecule has 4 fully saturated rings. The summed E-state index contributed by atoms with van der Waals surface area (Å²) in [7, 11) is 0. The maximum atomic E-state index is 11.1. The first kappa shape index (κ1) is 21.7. The van der Waals surface area contributed by atoms with Crippen LogP contribution >= 0.6 is 0 Å². The van der Waals surface area contributed by atoms with E-state index in [1.807, 2.05) is 0 Å². The van der Waals surface area contributed by atoms with Gasteiger partial charge in [0.15, 0.2) is 0 Å². The molecule has 0 aliphatic heterocycles. The van der Waals surface area contributed by atoms with Gasteiger partial charge >= 0.3 is 5.97 Å². The summed E-state index contributed by atoms with van der Waals surface area (Å²) in [5.74, 6) is 4.21. The van der Waals surface area contributed by atoms with E-state index in [1.165, 1.54) is 57.8 Å². The molecule has 0 spiro atoms. The molecular weight excluding hydrogens is 360 g/mol. The van der Waals surface area contributed by atoms with Crippen molar-refractivity contribution < 1.29 is 14.6 Å². The van der Waals surface area contributed by atoms with Crippen molar-refractivity contribution in [3.63, 3.8) is 0 Å². The van der Waals surface area contributed by atoms with Crippen molar-refractivity contribution in [1.82, 2.24) is 0 Å². The lowest BCUT2D eigenvalue weighted by Gasteiger charge is -2.61. The smallest absolute Gasteiger partial charge is 0.303 e. The lowest BCUT2D eigenvalue weighted by Crippen LogP contribution is -2.54. The van der Waals surface area contributed by atoms with Crippen molar-refractivity contribution in [3.8, 4) is 0 Å². The van der Waals surface area contributed by atoms with Gasteiger partial charge in [0.1, 0.15) is 0 Å². The molecule has 0 amide bonds. The summed E-state index contributed by atoms with van der Waals surface area (Å²) >= 11 is 0. The molecule has 4 aliphatic carbocycles. The Hall–Kier alpha value is -0.570. The predicted octanol–water partition coefficient (Wildman–Crippen LogP) is 6.55. The van der Waals surface area contributed by atoms with Crippen LogP contribution in [0.2, 0.25) is 0 Å². The van der Waals surface area contributed by atoms with E-state index in [1.54, 1.807) is 0 Å². The summed E-state index contributed by atoms with van der Waals surface area (Å²) in [5.41, 5.74) is 0.982. The normalized spacial score (nSPS) is 47.7. The summed E-state index contributed by atoms with van der Waals surface area (Å²) in [6.07, 6.45) is 14.0. The van der Waals surface area contributed by atoms with Crippen molar-refractivity contribution in [2.45, 2.75) is 104 Å². The van der Waals surface area contributed by atoms with Crippen LogP contribution in [0.25, 0.3) is 0 Å². The molecule has 0 saturated heterocycles. The van der Waals surface area contributed by atoms with Crippen LogP contribution in [0.5, 0.6) is 0 Å². The van der Waals surface area contributed by atoms with Crippen LogP contribution < -0.4 is 0 Å². The van der Waals surface area contributed by atoms with Gasteiger partial charge in [-0.15, -0.1) is 0 Å². The number of carbonyl (C=O) groups is 1. The largest absolute Gasteiger partial charge is 0.481 e. The van der Waals surface area contributed by atoms with Crippen LogP contribution in [0, 0.1) is 46.3 Å². The monoisotopic (exact) mass is 404 g/mol. The molecule has 0 aromatic rings. The molecule has 9 atom stereocenters. The molecule has 3 nitrogen and oxygen atoms in total. The quantitative estimate of drug-likeness (QED) is 0.546. The van der Waals surface area contributed by atoms with Gasteiger partial charge in [-0.3, -0.25) is 4.79 Å². The summed E-state index contributed by atoms with van der Waals surface area (Å²) in [5, 5.41) is 9.14. The summed E-state index contributed by atoms with van der Waals surface area (Å²) < 4.78 is 6.04. The molecule has 4 aliphatic rings. The van der Waals surface area contributed by atoms with E-state index in [2.05, 4.69) is 27.7 Å². The number of hydrogen-bond acceptors (Lipinski definition) is 2. The Kier molecular flexibility index (Phi) is 6.10.